The summed E-state index contributed by atoms with van der Waals surface area (Å²) in [5.41, 5.74) is 0. The zero-order valence-corrected chi connectivity index (χ0v) is 11.8. The second kappa shape index (κ2) is 6.12. The fourth-order valence-electron chi connectivity index (χ4n) is 1.89. The van der Waals surface area contributed by atoms with Gasteiger partial charge >= 0.3 is 0 Å². The van der Waals surface area contributed by atoms with Crippen LogP contribution in [0.1, 0.15) is 16.6 Å². The predicted molar refractivity (Wildman–Crippen MR) is 77.2 cm³/mol. The minimum Gasteiger partial charge on any atom is -0.351 e. The summed E-state index contributed by atoms with van der Waals surface area (Å²) in [5, 5.41) is 6.87. The molecule has 1 amide bonds. The second-order valence-corrected chi connectivity index (χ2v) is 5.75. The van der Waals surface area contributed by atoms with Crippen molar-refractivity contribution in [3.05, 3.63) is 35.0 Å². The Hall–Kier alpha value is -1.46. The van der Waals surface area contributed by atoms with Crippen LogP contribution in [-0.4, -0.2) is 26.0 Å². The molecule has 1 unspecified atom stereocenters. The van der Waals surface area contributed by atoms with E-state index in [9.17, 15) is 9.18 Å². The molecule has 102 valence electrons. The summed E-state index contributed by atoms with van der Waals surface area (Å²) in [6.45, 7) is 3.55. The van der Waals surface area contributed by atoms with Crippen LogP contribution < -0.4 is 10.6 Å². The normalized spacial score (nSPS) is 12.6. The van der Waals surface area contributed by atoms with Crippen LogP contribution in [0.15, 0.2) is 24.3 Å². The van der Waals surface area contributed by atoms with Gasteiger partial charge in [0, 0.05) is 11.2 Å². The Labute approximate surface area is 115 Å². The number of carbonyl (C=O) groups is 1. The maximum absolute atomic E-state index is 13.1. The van der Waals surface area contributed by atoms with Gasteiger partial charge in [0.1, 0.15) is 5.82 Å². The third-order valence-corrected chi connectivity index (χ3v) is 3.97. The number of rotatable bonds is 5. The summed E-state index contributed by atoms with van der Waals surface area (Å²) in [7, 11) is 1.89. The summed E-state index contributed by atoms with van der Waals surface area (Å²) in [4.78, 5) is 12.6. The average molecular weight is 280 g/mol. The van der Waals surface area contributed by atoms with E-state index < -0.39 is 0 Å². The SMILES string of the molecule is CNCC(C)CNC(=O)c1cc2ccc(F)cc2s1. The first kappa shape index (κ1) is 14.0. The monoisotopic (exact) mass is 280 g/mol. The molecule has 1 atom stereocenters. The van der Waals surface area contributed by atoms with Crippen molar-refractivity contribution in [1.29, 1.82) is 0 Å². The maximum atomic E-state index is 13.1. The molecular formula is C14H17FN2OS. The van der Waals surface area contributed by atoms with E-state index in [4.69, 9.17) is 0 Å². The van der Waals surface area contributed by atoms with E-state index in [1.54, 1.807) is 12.1 Å². The zero-order valence-electron chi connectivity index (χ0n) is 11.0. The second-order valence-electron chi connectivity index (χ2n) is 4.67. The van der Waals surface area contributed by atoms with Crippen LogP contribution in [0.3, 0.4) is 0 Å². The van der Waals surface area contributed by atoms with Crippen molar-refractivity contribution in [2.45, 2.75) is 6.92 Å². The fourth-order valence-corrected chi connectivity index (χ4v) is 2.90. The van der Waals surface area contributed by atoms with Gasteiger partial charge in [-0.05, 0) is 43.1 Å². The summed E-state index contributed by atoms with van der Waals surface area (Å²) < 4.78 is 13.9. The Bertz CT molecular complexity index is 582. The minimum absolute atomic E-state index is 0.0930. The van der Waals surface area contributed by atoms with Crippen molar-refractivity contribution in [1.82, 2.24) is 10.6 Å². The number of carbonyl (C=O) groups excluding carboxylic acids is 1. The number of nitrogens with one attached hydrogen (secondary N) is 2. The van der Waals surface area contributed by atoms with Crippen molar-refractivity contribution in [2.24, 2.45) is 5.92 Å². The first-order chi connectivity index (χ1) is 9.10. The zero-order chi connectivity index (χ0) is 13.8. The molecule has 0 aliphatic carbocycles. The molecule has 5 heteroatoms. The minimum atomic E-state index is -0.274. The molecule has 2 aromatic rings. The van der Waals surface area contributed by atoms with E-state index >= 15 is 0 Å². The highest BCUT2D eigenvalue weighted by Crippen LogP contribution is 2.26. The average Bonchev–Trinajstić information content (AvgIpc) is 2.79. The van der Waals surface area contributed by atoms with E-state index in [0.29, 0.717) is 17.3 Å². The fraction of sp³-hybridized carbons (Fsp3) is 0.357. The molecule has 0 aliphatic heterocycles. The van der Waals surface area contributed by atoms with Gasteiger partial charge in [-0.2, -0.15) is 0 Å². The van der Waals surface area contributed by atoms with Crippen molar-refractivity contribution in [2.75, 3.05) is 20.1 Å². The van der Waals surface area contributed by atoms with E-state index in [0.717, 1.165) is 16.6 Å². The van der Waals surface area contributed by atoms with Gasteiger partial charge in [0.25, 0.3) is 5.91 Å². The number of halogens is 1. The lowest BCUT2D eigenvalue weighted by Gasteiger charge is -2.10. The molecule has 0 bridgehead atoms. The van der Waals surface area contributed by atoms with Crippen LogP contribution in [0.4, 0.5) is 4.39 Å². The summed E-state index contributed by atoms with van der Waals surface area (Å²) in [6.07, 6.45) is 0. The number of hydrogen-bond donors (Lipinski definition) is 2. The highest BCUT2D eigenvalue weighted by atomic mass is 32.1. The summed E-state index contributed by atoms with van der Waals surface area (Å²) in [5.74, 6) is 0.00860. The van der Waals surface area contributed by atoms with Gasteiger partial charge in [0.2, 0.25) is 0 Å². The first-order valence-electron chi connectivity index (χ1n) is 6.22. The molecule has 0 saturated carbocycles. The number of hydrogen-bond acceptors (Lipinski definition) is 3. The Morgan fingerprint density at radius 1 is 1.37 bits per heavy atom. The maximum Gasteiger partial charge on any atom is 0.261 e. The van der Waals surface area contributed by atoms with Crippen LogP contribution in [0.25, 0.3) is 10.1 Å². The van der Waals surface area contributed by atoms with Gasteiger partial charge in [0.05, 0.1) is 4.88 Å². The predicted octanol–water partition coefficient (Wildman–Crippen LogP) is 2.63. The van der Waals surface area contributed by atoms with Crippen molar-refractivity contribution in [3.8, 4) is 0 Å². The first-order valence-corrected chi connectivity index (χ1v) is 7.03. The summed E-state index contributed by atoms with van der Waals surface area (Å²) >= 11 is 1.32. The van der Waals surface area contributed by atoms with E-state index in [1.165, 1.54) is 23.5 Å². The third-order valence-electron chi connectivity index (χ3n) is 2.87. The lowest BCUT2D eigenvalue weighted by Crippen LogP contribution is -2.31. The molecule has 0 aliphatic rings. The van der Waals surface area contributed by atoms with Crippen molar-refractivity contribution >= 4 is 27.3 Å². The van der Waals surface area contributed by atoms with E-state index in [-0.39, 0.29) is 11.7 Å². The number of amides is 1. The lowest BCUT2D eigenvalue weighted by atomic mass is 10.2. The Morgan fingerprint density at radius 3 is 2.89 bits per heavy atom. The molecule has 3 nitrogen and oxygen atoms in total. The van der Waals surface area contributed by atoms with Crippen LogP contribution >= 0.6 is 11.3 Å². The lowest BCUT2D eigenvalue weighted by molar-refractivity contribution is 0.0952. The van der Waals surface area contributed by atoms with Crippen LogP contribution in [0.5, 0.6) is 0 Å². The van der Waals surface area contributed by atoms with Gasteiger partial charge in [-0.15, -0.1) is 11.3 Å². The van der Waals surface area contributed by atoms with E-state index in [1.807, 2.05) is 7.05 Å². The van der Waals surface area contributed by atoms with Gasteiger partial charge in [0.15, 0.2) is 0 Å². The van der Waals surface area contributed by atoms with Crippen LogP contribution in [0, 0.1) is 11.7 Å². The number of fused-ring (bicyclic) bond motifs is 1. The highest BCUT2D eigenvalue weighted by Gasteiger charge is 2.11. The molecular weight excluding hydrogens is 263 g/mol. The third kappa shape index (κ3) is 3.52. The van der Waals surface area contributed by atoms with Gasteiger partial charge in [-0.25, -0.2) is 4.39 Å². The molecule has 2 N–H and O–H groups in total. The van der Waals surface area contributed by atoms with Crippen LogP contribution in [-0.2, 0) is 0 Å². The standard InChI is InChI=1S/C14H17FN2OS/c1-9(7-16-2)8-17-14(18)13-5-10-3-4-11(15)6-12(10)19-13/h3-6,9,16H,7-8H2,1-2H3,(H,17,18). The summed E-state index contributed by atoms with van der Waals surface area (Å²) in [6, 6.07) is 6.37. The van der Waals surface area contributed by atoms with Gasteiger partial charge in [-0.3, -0.25) is 4.79 Å². The van der Waals surface area contributed by atoms with Gasteiger partial charge < -0.3 is 10.6 Å². The van der Waals surface area contributed by atoms with Gasteiger partial charge in [-0.1, -0.05) is 13.0 Å². The van der Waals surface area contributed by atoms with E-state index in [2.05, 4.69) is 17.6 Å². The molecule has 1 heterocycles. The van der Waals surface area contributed by atoms with Crippen molar-refractivity contribution < 1.29 is 9.18 Å². The smallest absolute Gasteiger partial charge is 0.261 e. The molecule has 0 saturated heterocycles. The topological polar surface area (TPSA) is 41.1 Å². The Kier molecular flexibility index (Phi) is 4.50. The molecule has 2 rings (SSSR count). The quantitative estimate of drug-likeness (QED) is 0.884. The molecule has 0 fully saturated rings. The highest BCUT2D eigenvalue weighted by molar-refractivity contribution is 7.20. The molecule has 1 aromatic heterocycles. The molecule has 1 aromatic carbocycles. The van der Waals surface area contributed by atoms with Crippen LogP contribution in [0.2, 0.25) is 0 Å². The number of benzene rings is 1. The number of thiophene rings is 1. The molecule has 19 heavy (non-hydrogen) atoms. The largest absolute Gasteiger partial charge is 0.351 e. The molecule has 0 spiro atoms. The Balaban J connectivity index is 2.05. The van der Waals surface area contributed by atoms with Crippen molar-refractivity contribution in [3.63, 3.8) is 0 Å². The Morgan fingerprint density at radius 2 is 2.16 bits per heavy atom. The molecule has 0 radical (unpaired) electrons.